The largest absolute Gasteiger partial charge is 0.497 e. The Hall–Kier alpha value is -1.75. The summed E-state index contributed by atoms with van der Waals surface area (Å²) in [6.45, 7) is 0. The van der Waals surface area contributed by atoms with Crippen LogP contribution in [-0.2, 0) is 0 Å². The molecule has 2 rings (SSSR count). The van der Waals surface area contributed by atoms with Crippen molar-refractivity contribution in [3.05, 3.63) is 23.8 Å². The van der Waals surface area contributed by atoms with Gasteiger partial charge in [0.2, 0.25) is 0 Å². The number of nitrogens with zero attached hydrogens (tertiary/aromatic N) is 1. The number of methoxy groups -OCH3 is 2. The molecule has 0 spiro atoms. The van der Waals surface area contributed by atoms with Crippen LogP contribution in [0.1, 0.15) is 36.0 Å². The van der Waals surface area contributed by atoms with Crippen LogP contribution in [-0.4, -0.2) is 49.3 Å². The van der Waals surface area contributed by atoms with E-state index in [-0.39, 0.29) is 11.9 Å². The van der Waals surface area contributed by atoms with E-state index in [1.807, 2.05) is 0 Å². The van der Waals surface area contributed by atoms with Crippen LogP contribution in [0.25, 0.3) is 0 Å². The third-order valence-electron chi connectivity index (χ3n) is 4.11. The molecule has 1 saturated carbocycles. The molecular formula is C16H23NO4. The van der Waals surface area contributed by atoms with E-state index in [9.17, 15) is 9.90 Å². The van der Waals surface area contributed by atoms with Crippen molar-refractivity contribution in [1.29, 1.82) is 0 Å². The molecule has 116 valence electrons. The maximum atomic E-state index is 12.6. The number of hydrogen-bond donors (Lipinski definition) is 1. The van der Waals surface area contributed by atoms with Gasteiger partial charge < -0.3 is 19.5 Å². The van der Waals surface area contributed by atoms with E-state index in [1.165, 1.54) is 0 Å². The maximum absolute atomic E-state index is 12.6. The van der Waals surface area contributed by atoms with E-state index in [1.54, 1.807) is 44.4 Å². The molecular weight excluding hydrogens is 270 g/mol. The standard InChI is InChI=1S/C16H23NO4/c1-17(14-6-4-5-7-15(14)18)16(19)11-8-12(20-2)10-13(9-11)21-3/h8-10,14-15,18H,4-7H2,1-3H3/t14-,15-/m0/s1. The van der Waals surface area contributed by atoms with Gasteiger partial charge in [-0.15, -0.1) is 0 Å². The van der Waals surface area contributed by atoms with Crippen LogP contribution in [0.15, 0.2) is 18.2 Å². The molecule has 1 aromatic rings. The number of rotatable bonds is 4. The van der Waals surface area contributed by atoms with Crippen LogP contribution in [0.3, 0.4) is 0 Å². The molecule has 0 bridgehead atoms. The number of benzene rings is 1. The van der Waals surface area contributed by atoms with Gasteiger partial charge in [0.05, 0.1) is 26.4 Å². The lowest BCUT2D eigenvalue weighted by molar-refractivity contribution is 0.0267. The molecule has 2 atom stereocenters. The number of aliphatic hydroxyl groups is 1. The second kappa shape index (κ2) is 6.80. The zero-order valence-electron chi connectivity index (χ0n) is 12.8. The van der Waals surface area contributed by atoms with Crippen LogP contribution in [0.5, 0.6) is 11.5 Å². The van der Waals surface area contributed by atoms with Gasteiger partial charge in [0.25, 0.3) is 5.91 Å². The molecule has 0 heterocycles. The van der Waals surface area contributed by atoms with E-state index in [0.717, 1.165) is 25.7 Å². The summed E-state index contributed by atoms with van der Waals surface area (Å²) in [5, 5.41) is 10.1. The van der Waals surface area contributed by atoms with E-state index in [4.69, 9.17) is 9.47 Å². The lowest BCUT2D eigenvalue weighted by Crippen LogP contribution is -2.46. The molecule has 1 aromatic carbocycles. The number of carbonyl (C=O) groups excluding carboxylic acids is 1. The molecule has 5 nitrogen and oxygen atoms in total. The van der Waals surface area contributed by atoms with Gasteiger partial charge >= 0.3 is 0 Å². The van der Waals surface area contributed by atoms with Crippen molar-refractivity contribution in [3.63, 3.8) is 0 Å². The van der Waals surface area contributed by atoms with Crippen molar-refractivity contribution in [2.75, 3.05) is 21.3 Å². The predicted molar refractivity (Wildman–Crippen MR) is 79.9 cm³/mol. The molecule has 21 heavy (non-hydrogen) atoms. The fourth-order valence-corrected chi connectivity index (χ4v) is 2.83. The first-order chi connectivity index (χ1) is 10.1. The lowest BCUT2D eigenvalue weighted by atomic mass is 9.91. The van der Waals surface area contributed by atoms with Crippen LogP contribution in [0, 0.1) is 0 Å². The van der Waals surface area contributed by atoms with Gasteiger partial charge in [-0.2, -0.15) is 0 Å². The van der Waals surface area contributed by atoms with Crippen LogP contribution >= 0.6 is 0 Å². The molecule has 1 fully saturated rings. The highest BCUT2D eigenvalue weighted by Gasteiger charge is 2.30. The Bertz CT molecular complexity index is 481. The second-order valence-corrected chi connectivity index (χ2v) is 5.44. The fourth-order valence-electron chi connectivity index (χ4n) is 2.83. The molecule has 1 N–H and O–H groups in total. The molecule has 0 aromatic heterocycles. The number of amides is 1. The molecule has 1 aliphatic carbocycles. The number of aliphatic hydroxyl groups excluding tert-OH is 1. The molecule has 1 aliphatic rings. The van der Waals surface area contributed by atoms with Crippen LogP contribution < -0.4 is 9.47 Å². The minimum absolute atomic E-state index is 0.122. The summed E-state index contributed by atoms with van der Waals surface area (Å²) in [7, 11) is 4.85. The van der Waals surface area contributed by atoms with Gasteiger partial charge in [-0.1, -0.05) is 12.8 Å². The fraction of sp³-hybridized carbons (Fsp3) is 0.562. The van der Waals surface area contributed by atoms with E-state index in [2.05, 4.69) is 0 Å². The average Bonchev–Trinajstić information content (AvgIpc) is 2.53. The van der Waals surface area contributed by atoms with Crippen molar-refractivity contribution in [1.82, 2.24) is 4.90 Å². The van der Waals surface area contributed by atoms with Gasteiger partial charge in [-0.05, 0) is 25.0 Å². The molecule has 0 aliphatic heterocycles. The highest BCUT2D eigenvalue weighted by atomic mass is 16.5. The van der Waals surface area contributed by atoms with E-state index >= 15 is 0 Å². The first kappa shape index (κ1) is 15.6. The third kappa shape index (κ3) is 3.47. The Labute approximate surface area is 125 Å². The van der Waals surface area contributed by atoms with Crippen LogP contribution in [0.2, 0.25) is 0 Å². The summed E-state index contributed by atoms with van der Waals surface area (Å²) < 4.78 is 10.4. The Morgan fingerprint density at radius 2 is 1.71 bits per heavy atom. The first-order valence-corrected chi connectivity index (χ1v) is 7.25. The summed E-state index contributed by atoms with van der Waals surface area (Å²) in [6, 6.07) is 4.99. The quantitative estimate of drug-likeness (QED) is 0.923. The molecule has 0 unspecified atom stereocenters. The summed E-state index contributed by atoms with van der Waals surface area (Å²) in [6.07, 6.45) is 3.21. The van der Waals surface area contributed by atoms with Crippen molar-refractivity contribution in [3.8, 4) is 11.5 Å². The normalized spacial score (nSPS) is 21.7. The zero-order chi connectivity index (χ0) is 15.4. The number of likely N-dealkylation sites (N-methyl/N-ethyl adjacent to an activating group) is 1. The van der Waals surface area contributed by atoms with Crippen molar-refractivity contribution >= 4 is 5.91 Å². The van der Waals surface area contributed by atoms with Gasteiger partial charge in [0.15, 0.2) is 0 Å². The van der Waals surface area contributed by atoms with Gasteiger partial charge in [-0.3, -0.25) is 4.79 Å². The summed E-state index contributed by atoms with van der Waals surface area (Å²) >= 11 is 0. The second-order valence-electron chi connectivity index (χ2n) is 5.44. The molecule has 5 heteroatoms. The predicted octanol–water partition coefficient (Wildman–Crippen LogP) is 2.08. The van der Waals surface area contributed by atoms with Gasteiger partial charge in [-0.25, -0.2) is 0 Å². The van der Waals surface area contributed by atoms with Crippen molar-refractivity contribution < 1.29 is 19.4 Å². The Morgan fingerprint density at radius 3 is 2.24 bits per heavy atom. The Balaban J connectivity index is 2.22. The molecule has 1 amide bonds. The monoisotopic (exact) mass is 293 g/mol. The average molecular weight is 293 g/mol. The highest BCUT2D eigenvalue weighted by molar-refractivity contribution is 5.95. The van der Waals surface area contributed by atoms with Gasteiger partial charge in [0.1, 0.15) is 11.5 Å². The first-order valence-electron chi connectivity index (χ1n) is 7.25. The van der Waals surface area contributed by atoms with Gasteiger partial charge in [0, 0.05) is 18.7 Å². The lowest BCUT2D eigenvalue weighted by Gasteiger charge is -2.35. The topological polar surface area (TPSA) is 59.0 Å². The highest BCUT2D eigenvalue weighted by Crippen LogP contribution is 2.26. The summed E-state index contributed by atoms with van der Waals surface area (Å²) in [4.78, 5) is 14.3. The van der Waals surface area contributed by atoms with Crippen molar-refractivity contribution in [2.45, 2.75) is 37.8 Å². The maximum Gasteiger partial charge on any atom is 0.254 e. The number of hydrogen-bond acceptors (Lipinski definition) is 4. The van der Waals surface area contributed by atoms with E-state index in [0.29, 0.717) is 17.1 Å². The van der Waals surface area contributed by atoms with Crippen molar-refractivity contribution in [2.24, 2.45) is 0 Å². The summed E-state index contributed by atoms with van der Waals surface area (Å²) in [5.74, 6) is 1.03. The van der Waals surface area contributed by atoms with E-state index < -0.39 is 6.10 Å². The zero-order valence-corrected chi connectivity index (χ0v) is 12.8. The summed E-state index contributed by atoms with van der Waals surface area (Å²) in [5.41, 5.74) is 0.506. The smallest absolute Gasteiger partial charge is 0.254 e. The number of carbonyl (C=O) groups is 1. The Morgan fingerprint density at radius 1 is 1.14 bits per heavy atom. The minimum Gasteiger partial charge on any atom is -0.497 e. The number of ether oxygens (including phenoxy) is 2. The molecule has 0 saturated heterocycles. The SMILES string of the molecule is COc1cc(OC)cc(C(=O)N(C)[C@H]2CCCC[C@@H]2O)c1. The van der Waals surface area contributed by atoms with Crippen LogP contribution in [0.4, 0.5) is 0 Å². The third-order valence-corrected chi connectivity index (χ3v) is 4.11. The minimum atomic E-state index is -0.444. The molecule has 0 radical (unpaired) electrons. The Kier molecular flexibility index (Phi) is 5.07.